The molecule has 0 aliphatic heterocycles. The number of aromatic amines is 1. The molecule has 6 nitrogen and oxygen atoms in total. The molecule has 0 saturated heterocycles. The van der Waals surface area contributed by atoms with E-state index in [0.717, 1.165) is 5.56 Å². The number of rotatable bonds is 5. The van der Waals surface area contributed by atoms with Gasteiger partial charge in [-0.1, -0.05) is 0 Å². The first-order chi connectivity index (χ1) is 8.38. The third-order valence-corrected chi connectivity index (χ3v) is 2.13. The van der Waals surface area contributed by atoms with Crippen molar-refractivity contribution in [3.8, 4) is 0 Å². The fourth-order valence-corrected chi connectivity index (χ4v) is 1.28. The summed E-state index contributed by atoms with van der Waals surface area (Å²) in [6.45, 7) is 8.24. The van der Waals surface area contributed by atoms with E-state index < -0.39 is 11.7 Å². The van der Waals surface area contributed by atoms with E-state index in [0.29, 0.717) is 13.2 Å². The van der Waals surface area contributed by atoms with Crippen LogP contribution in [0.5, 0.6) is 0 Å². The number of carbonyl (C=O) groups excluding carboxylic acids is 1. The molecule has 1 unspecified atom stereocenters. The first-order valence-electron chi connectivity index (χ1n) is 5.95. The van der Waals surface area contributed by atoms with Gasteiger partial charge in [-0.2, -0.15) is 5.10 Å². The fourth-order valence-electron chi connectivity index (χ4n) is 1.28. The van der Waals surface area contributed by atoms with Gasteiger partial charge in [-0.15, -0.1) is 0 Å². The summed E-state index contributed by atoms with van der Waals surface area (Å²) in [4.78, 5) is 11.3. The van der Waals surface area contributed by atoms with Gasteiger partial charge in [0.15, 0.2) is 0 Å². The Morgan fingerprint density at radius 2 is 2.28 bits per heavy atom. The first kappa shape index (κ1) is 14.5. The minimum Gasteiger partial charge on any atom is -0.444 e. The smallest absolute Gasteiger partial charge is 0.407 e. The van der Waals surface area contributed by atoms with Gasteiger partial charge in [-0.25, -0.2) is 4.79 Å². The van der Waals surface area contributed by atoms with Crippen LogP contribution in [0.2, 0.25) is 0 Å². The molecule has 1 amide bonds. The highest BCUT2D eigenvalue weighted by molar-refractivity contribution is 5.67. The van der Waals surface area contributed by atoms with Crippen molar-refractivity contribution in [3.05, 3.63) is 18.0 Å². The van der Waals surface area contributed by atoms with E-state index in [1.54, 1.807) is 12.4 Å². The molecule has 6 heteroatoms. The number of aromatic nitrogens is 2. The molecule has 1 aromatic heterocycles. The summed E-state index contributed by atoms with van der Waals surface area (Å²) >= 11 is 0. The number of alkyl carbamates (subject to hydrolysis) is 1. The van der Waals surface area contributed by atoms with Gasteiger partial charge in [0.2, 0.25) is 0 Å². The number of H-pyrrole nitrogens is 1. The Kier molecular flexibility index (Phi) is 5.15. The minimum absolute atomic E-state index is 0.0517. The Balaban J connectivity index is 2.14. The molecule has 1 rings (SSSR count). The maximum Gasteiger partial charge on any atom is 0.407 e. The number of nitrogens with one attached hydrogen (secondary N) is 2. The standard InChI is InChI=1S/C12H21N3O3/c1-9(10-7-14-15-8-10)17-6-5-13-11(16)18-12(2,3)4/h7-9H,5-6H2,1-4H3,(H,13,16)(H,14,15). The Hall–Kier alpha value is -1.56. The molecule has 2 N–H and O–H groups in total. The first-order valence-corrected chi connectivity index (χ1v) is 5.95. The molecule has 0 radical (unpaired) electrons. The van der Waals surface area contributed by atoms with E-state index in [-0.39, 0.29) is 6.10 Å². The molecule has 1 heterocycles. The Labute approximate surface area is 107 Å². The highest BCUT2D eigenvalue weighted by Gasteiger charge is 2.15. The van der Waals surface area contributed by atoms with Crippen LogP contribution in [-0.2, 0) is 9.47 Å². The summed E-state index contributed by atoms with van der Waals surface area (Å²) in [6.07, 6.45) is 3.02. The van der Waals surface area contributed by atoms with Crippen LogP contribution >= 0.6 is 0 Å². The Morgan fingerprint density at radius 1 is 1.56 bits per heavy atom. The van der Waals surface area contributed by atoms with Gasteiger partial charge in [-0.3, -0.25) is 5.10 Å². The molecular formula is C12H21N3O3. The Morgan fingerprint density at radius 3 is 2.83 bits per heavy atom. The summed E-state index contributed by atoms with van der Waals surface area (Å²) in [5.74, 6) is 0. The lowest BCUT2D eigenvalue weighted by Crippen LogP contribution is -2.34. The van der Waals surface area contributed by atoms with Crippen LogP contribution in [0.25, 0.3) is 0 Å². The van der Waals surface area contributed by atoms with Gasteiger partial charge in [-0.05, 0) is 27.7 Å². The van der Waals surface area contributed by atoms with Crippen molar-refractivity contribution >= 4 is 6.09 Å². The summed E-state index contributed by atoms with van der Waals surface area (Å²) in [6, 6.07) is 0. The van der Waals surface area contributed by atoms with E-state index in [2.05, 4.69) is 15.5 Å². The molecule has 18 heavy (non-hydrogen) atoms. The normalized spacial score (nSPS) is 13.1. The molecule has 1 aromatic rings. The zero-order valence-electron chi connectivity index (χ0n) is 11.3. The maximum absolute atomic E-state index is 11.3. The minimum atomic E-state index is -0.477. The zero-order chi connectivity index (χ0) is 13.6. The predicted octanol–water partition coefficient (Wildman–Crippen LogP) is 2.01. The second-order valence-corrected chi connectivity index (χ2v) is 4.97. The average Bonchev–Trinajstić information content (AvgIpc) is 2.74. The molecule has 0 aromatic carbocycles. The van der Waals surface area contributed by atoms with Crippen molar-refractivity contribution < 1.29 is 14.3 Å². The van der Waals surface area contributed by atoms with Gasteiger partial charge < -0.3 is 14.8 Å². The van der Waals surface area contributed by atoms with Crippen LogP contribution in [0.1, 0.15) is 39.4 Å². The number of hydrogen-bond donors (Lipinski definition) is 2. The van der Waals surface area contributed by atoms with Crippen molar-refractivity contribution in [1.29, 1.82) is 0 Å². The Bertz CT molecular complexity index is 357. The molecule has 0 spiro atoms. The highest BCUT2D eigenvalue weighted by Crippen LogP contribution is 2.13. The lowest BCUT2D eigenvalue weighted by molar-refractivity contribution is 0.0432. The number of amides is 1. The third kappa shape index (κ3) is 5.67. The van der Waals surface area contributed by atoms with E-state index in [1.165, 1.54) is 0 Å². The highest BCUT2D eigenvalue weighted by atomic mass is 16.6. The van der Waals surface area contributed by atoms with Crippen LogP contribution < -0.4 is 5.32 Å². The number of nitrogens with zero attached hydrogens (tertiary/aromatic N) is 1. The summed E-state index contributed by atoms with van der Waals surface area (Å²) in [7, 11) is 0. The summed E-state index contributed by atoms with van der Waals surface area (Å²) < 4.78 is 10.6. The topological polar surface area (TPSA) is 76.2 Å². The van der Waals surface area contributed by atoms with Crippen molar-refractivity contribution in [2.75, 3.05) is 13.2 Å². The SMILES string of the molecule is CC(OCCNC(=O)OC(C)(C)C)c1cn[nH]c1. The predicted molar refractivity (Wildman–Crippen MR) is 67.2 cm³/mol. The van der Waals surface area contributed by atoms with Gasteiger partial charge in [0.1, 0.15) is 5.60 Å². The van der Waals surface area contributed by atoms with Crippen LogP contribution in [0.3, 0.4) is 0 Å². The molecule has 0 aliphatic carbocycles. The van der Waals surface area contributed by atoms with Gasteiger partial charge in [0.05, 0.1) is 18.9 Å². The van der Waals surface area contributed by atoms with Crippen molar-refractivity contribution in [2.24, 2.45) is 0 Å². The lowest BCUT2D eigenvalue weighted by Gasteiger charge is -2.20. The van der Waals surface area contributed by atoms with Crippen LogP contribution in [0.15, 0.2) is 12.4 Å². The second-order valence-electron chi connectivity index (χ2n) is 4.97. The van der Waals surface area contributed by atoms with Gasteiger partial charge in [0, 0.05) is 18.3 Å². The molecule has 0 fully saturated rings. The maximum atomic E-state index is 11.3. The third-order valence-electron chi connectivity index (χ3n) is 2.13. The van der Waals surface area contributed by atoms with Crippen LogP contribution in [0.4, 0.5) is 4.79 Å². The van der Waals surface area contributed by atoms with E-state index in [4.69, 9.17) is 9.47 Å². The van der Waals surface area contributed by atoms with E-state index in [1.807, 2.05) is 27.7 Å². The monoisotopic (exact) mass is 255 g/mol. The lowest BCUT2D eigenvalue weighted by atomic mass is 10.2. The quantitative estimate of drug-likeness (QED) is 0.789. The van der Waals surface area contributed by atoms with Crippen molar-refractivity contribution in [3.63, 3.8) is 0 Å². The molecule has 102 valence electrons. The van der Waals surface area contributed by atoms with Crippen LogP contribution in [0, 0.1) is 0 Å². The van der Waals surface area contributed by atoms with Crippen LogP contribution in [-0.4, -0.2) is 35.0 Å². The number of carbonyl (C=O) groups is 1. The van der Waals surface area contributed by atoms with Crippen molar-refractivity contribution in [2.45, 2.75) is 39.4 Å². The average molecular weight is 255 g/mol. The molecule has 0 saturated carbocycles. The zero-order valence-corrected chi connectivity index (χ0v) is 11.3. The largest absolute Gasteiger partial charge is 0.444 e. The van der Waals surface area contributed by atoms with Gasteiger partial charge >= 0.3 is 6.09 Å². The van der Waals surface area contributed by atoms with Gasteiger partial charge in [0.25, 0.3) is 0 Å². The fraction of sp³-hybridized carbons (Fsp3) is 0.667. The number of ether oxygens (including phenoxy) is 2. The second kappa shape index (κ2) is 6.39. The number of hydrogen-bond acceptors (Lipinski definition) is 4. The van der Waals surface area contributed by atoms with Crippen molar-refractivity contribution in [1.82, 2.24) is 15.5 Å². The van der Waals surface area contributed by atoms with E-state index >= 15 is 0 Å². The molecule has 1 atom stereocenters. The summed E-state index contributed by atoms with van der Waals surface area (Å²) in [5.41, 5.74) is 0.502. The summed E-state index contributed by atoms with van der Waals surface area (Å²) in [5, 5.41) is 9.20. The molecule has 0 bridgehead atoms. The molecule has 0 aliphatic rings. The van der Waals surface area contributed by atoms with E-state index in [9.17, 15) is 4.79 Å². The molecular weight excluding hydrogens is 234 g/mol.